The maximum Gasteiger partial charge on any atom is 0.371 e. The minimum absolute atomic E-state index is 0.163. The number of rotatable bonds is 4. The molecule has 2 aromatic heterocycles. The number of carboxylic acids is 1. The van der Waals surface area contributed by atoms with Crippen molar-refractivity contribution in [3.8, 4) is 0 Å². The minimum Gasteiger partial charge on any atom is -0.475 e. The van der Waals surface area contributed by atoms with Crippen molar-refractivity contribution in [1.29, 1.82) is 0 Å². The normalized spacial score (nSPS) is 10.5. The lowest BCUT2D eigenvalue weighted by atomic mass is 10.5. The van der Waals surface area contributed by atoms with Crippen LogP contribution in [0.5, 0.6) is 0 Å². The number of carboxylic acid groups (broad SMARTS) is 1. The highest BCUT2D eigenvalue weighted by molar-refractivity contribution is 7.99. The zero-order valence-electron chi connectivity index (χ0n) is 9.49. The number of aromatic nitrogens is 2. The van der Waals surface area contributed by atoms with E-state index in [0.29, 0.717) is 11.6 Å². The summed E-state index contributed by atoms with van der Waals surface area (Å²) in [4.78, 5) is 26.5. The first-order valence-electron chi connectivity index (χ1n) is 5.18. The molecule has 18 heavy (non-hydrogen) atoms. The van der Waals surface area contributed by atoms with Crippen molar-refractivity contribution in [2.75, 3.05) is 0 Å². The Labute approximate surface area is 106 Å². The monoisotopic (exact) mass is 266 g/mol. The van der Waals surface area contributed by atoms with Crippen LogP contribution >= 0.6 is 11.8 Å². The third kappa shape index (κ3) is 2.45. The first kappa shape index (κ1) is 12.4. The van der Waals surface area contributed by atoms with Crippen molar-refractivity contribution >= 4 is 17.7 Å². The molecule has 0 saturated heterocycles. The first-order chi connectivity index (χ1) is 8.61. The van der Waals surface area contributed by atoms with Crippen molar-refractivity contribution in [3.05, 3.63) is 40.6 Å². The van der Waals surface area contributed by atoms with E-state index in [9.17, 15) is 9.59 Å². The molecule has 2 rings (SSSR count). The standard InChI is InChI=1S/C11H10N2O4S/c1-2-13-6-5-12-9(10(13)14)18-8-4-3-7(17-8)11(15)16/h3-6H,2H2,1H3,(H,15,16). The van der Waals surface area contributed by atoms with Gasteiger partial charge in [-0.15, -0.1) is 0 Å². The van der Waals surface area contributed by atoms with Gasteiger partial charge < -0.3 is 14.1 Å². The highest BCUT2D eigenvalue weighted by atomic mass is 32.2. The van der Waals surface area contributed by atoms with Crippen LogP contribution in [-0.2, 0) is 6.54 Å². The summed E-state index contributed by atoms with van der Waals surface area (Å²) in [5.74, 6) is -1.31. The van der Waals surface area contributed by atoms with Gasteiger partial charge in [-0.2, -0.15) is 0 Å². The Morgan fingerprint density at radius 2 is 2.33 bits per heavy atom. The van der Waals surface area contributed by atoms with Gasteiger partial charge in [0, 0.05) is 18.9 Å². The fourth-order valence-electron chi connectivity index (χ4n) is 1.33. The van der Waals surface area contributed by atoms with E-state index in [1.54, 1.807) is 6.20 Å². The Morgan fingerprint density at radius 3 is 2.94 bits per heavy atom. The molecule has 0 fully saturated rings. The zero-order valence-corrected chi connectivity index (χ0v) is 10.3. The van der Waals surface area contributed by atoms with Gasteiger partial charge in [0.25, 0.3) is 5.56 Å². The third-order valence-corrected chi connectivity index (χ3v) is 3.11. The van der Waals surface area contributed by atoms with Crippen LogP contribution in [0.15, 0.2) is 43.9 Å². The molecule has 0 aromatic carbocycles. The lowest BCUT2D eigenvalue weighted by Crippen LogP contribution is -2.20. The number of hydrogen-bond donors (Lipinski definition) is 1. The number of hydrogen-bond acceptors (Lipinski definition) is 5. The lowest BCUT2D eigenvalue weighted by molar-refractivity contribution is 0.0656. The van der Waals surface area contributed by atoms with E-state index < -0.39 is 5.97 Å². The smallest absolute Gasteiger partial charge is 0.371 e. The van der Waals surface area contributed by atoms with Gasteiger partial charge in [0.15, 0.2) is 10.1 Å². The Morgan fingerprint density at radius 1 is 1.56 bits per heavy atom. The Bertz CT molecular complexity index is 632. The largest absolute Gasteiger partial charge is 0.475 e. The predicted octanol–water partition coefficient (Wildman–Crippen LogP) is 1.71. The number of nitrogens with zero attached hydrogens (tertiary/aromatic N) is 2. The average Bonchev–Trinajstić information content (AvgIpc) is 2.80. The molecule has 6 nitrogen and oxygen atoms in total. The van der Waals surface area contributed by atoms with Gasteiger partial charge in [-0.25, -0.2) is 9.78 Å². The quantitative estimate of drug-likeness (QED) is 0.906. The van der Waals surface area contributed by atoms with Crippen molar-refractivity contribution < 1.29 is 14.3 Å². The van der Waals surface area contributed by atoms with E-state index in [2.05, 4.69) is 4.98 Å². The Balaban J connectivity index is 2.28. The second-order valence-electron chi connectivity index (χ2n) is 3.35. The lowest BCUT2D eigenvalue weighted by Gasteiger charge is -2.02. The summed E-state index contributed by atoms with van der Waals surface area (Å²) in [6.45, 7) is 2.40. The molecule has 2 heterocycles. The zero-order chi connectivity index (χ0) is 13.1. The molecule has 0 aliphatic carbocycles. The third-order valence-electron chi connectivity index (χ3n) is 2.21. The van der Waals surface area contributed by atoms with Crippen molar-refractivity contribution in [2.24, 2.45) is 0 Å². The molecule has 0 bridgehead atoms. The van der Waals surface area contributed by atoms with Gasteiger partial charge >= 0.3 is 5.97 Å². The van der Waals surface area contributed by atoms with E-state index >= 15 is 0 Å². The van der Waals surface area contributed by atoms with Gasteiger partial charge in [0.2, 0.25) is 5.76 Å². The SMILES string of the molecule is CCn1ccnc(Sc2ccc(C(=O)O)o2)c1=O. The molecule has 2 aromatic rings. The van der Waals surface area contributed by atoms with Crippen LogP contribution in [0.25, 0.3) is 0 Å². The summed E-state index contributed by atoms with van der Waals surface area (Å²) in [5, 5.41) is 9.30. The summed E-state index contributed by atoms with van der Waals surface area (Å²) in [5.41, 5.74) is -0.224. The summed E-state index contributed by atoms with van der Waals surface area (Å²) >= 11 is 1.01. The van der Waals surface area contributed by atoms with E-state index in [4.69, 9.17) is 9.52 Å². The molecule has 0 spiro atoms. The van der Waals surface area contributed by atoms with E-state index in [-0.39, 0.29) is 16.3 Å². The van der Waals surface area contributed by atoms with Crippen molar-refractivity contribution in [1.82, 2.24) is 9.55 Å². The minimum atomic E-state index is -1.14. The van der Waals surface area contributed by atoms with Crippen LogP contribution in [0.2, 0.25) is 0 Å². The van der Waals surface area contributed by atoms with E-state index in [0.717, 1.165) is 11.8 Å². The molecule has 1 N–H and O–H groups in total. The molecule has 0 aliphatic rings. The van der Waals surface area contributed by atoms with Crippen LogP contribution in [0, 0.1) is 0 Å². The van der Waals surface area contributed by atoms with E-state index in [1.165, 1.54) is 22.9 Å². The Kier molecular flexibility index (Phi) is 3.52. The summed E-state index contributed by atoms with van der Waals surface area (Å²) in [6, 6.07) is 2.84. The molecule has 0 aliphatic heterocycles. The van der Waals surface area contributed by atoms with Crippen molar-refractivity contribution in [3.63, 3.8) is 0 Å². The van der Waals surface area contributed by atoms with Gasteiger partial charge in [-0.3, -0.25) is 4.79 Å². The summed E-state index contributed by atoms with van der Waals surface area (Å²) < 4.78 is 6.56. The molecular formula is C11H10N2O4S. The summed E-state index contributed by atoms with van der Waals surface area (Å²) in [6.07, 6.45) is 3.12. The van der Waals surface area contributed by atoms with Gasteiger partial charge in [0.1, 0.15) is 0 Å². The van der Waals surface area contributed by atoms with Crippen LogP contribution in [0.1, 0.15) is 17.5 Å². The molecule has 0 atom stereocenters. The second-order valence-corrected chi connectivity index (χ2v) is 4.34. The fourth-order valence-corrected chi connectivity index (χ4v) is 2.11. The molecule has 94 valence electrons. The first-order valence-corrected chi connectivity index (χ1v) is 6.00. The number of carbonyl (C=O) groups is 1. The van der Waals surface area contributed by atoms with Gasteiger partial charge in [-0.05, 0) is 30.8 Å². The van der Waals surface area contributed by atoms with Crippen LogP contribution < -0.4 is 5.56 Å². The van der Waals surface area contributed by atoms with Gasteiger partial charge in [-0.1, -0.05) is 0 Å². The predicted molar refractivity (Wildman–Crippen MR) is 64.0 cm³/mol. The number of furan rings is 1. The summed E-state index contributed by atoms with van der Waals surface area (Å²) in [7, 11) is 0. The topological polar surface area (TPSA) is 85.3 Å². The molecule has 0 unspecified atom stereocenters. The van der Waals surface area contributed by atoms with Gasteiger partial charge in [0.05, 0.1) is 0 Å². The van der Waals surface area contributed by atoms with Crippen LogP contribution in [0.4, 0.5) is 0 Å². The Hall–Kier alpha value is -2.02. The number of aromatic carboxylic acids is 1. The molecule has 7 heteroatoms. The highest BCUT2D eigenvalue weighted by Gasteiger charge is 2.12. The number of aryl methyl sites for hydroxylation is 1. The van der Waals surface area contributed by atoms with Crippen molar-refractivity contribution in [2.45, 2.75) is 23.6 Å². The molecule has 0 amide bonds. The molecule has 0 radical (unpaired) electrons. The fraction of sp³-hybridized carbons (Fsp3) is 0.182. The van der Waals surface area contributed by atoms with Crippen LogP contribution in [0.3, 0.4) is 0 Å². The average molecular weight is 266 g/mol. The second kappa shape index (κ2) is 5.09. The van der Waals surface area contributed by atoms with Crippen LogP contribution in [-0.4, -0.2) is 20.6 Å². The maximum absolute atomic E-state index is 11.9. The molecule has 0 saturated carbocycles. The highest BCUT2D eigenvalue weighted by Crippen LogP contribution is 2.25. The van der Waals surface area contributed by atoms with E-state index in [1.807, 2.05) is 6.92 Å². The maximum atomic E-state index is 11.9. The molecular weight excluding hydrogens is 256 g/mol.